The maximum Gasteiger partial charge on any atom is 0.407 e. The summed E-state index contributed by atoms with van der Waals surface area (Å²) >= 11 is 0. The second kappa shape index (κ2) is 9.40. The molecule has 0 aliphatic rings. The van der Waals surface area contributed by atoms with Gasteiger partial charge in [-0.05, 0) is 44.9 Å². The van der Waals surface area contributed by atoms with Crippen LogP contribution in [0.5, 0.6) is 5.75 Å². The Morgan fingerprint density at radius 2 is 2.09 bits per heavy atom. The van der Waals surface area contributed by atoms with E-state index in [1.54, 1.807) is 12.1 Å². The molecule has 1 amide bonds. The predicted octanol–water partition coefficient (Wildman–Crippen LogP) is 3.57. The number of nitrogens with one attached hydrogen (secondary N) is 2. The van der Waals surface area contributed by atoms with E-state index < -0.39 is 11.7 Å². The van der Waals surface area contributed by atoms with Gasteiger partial charge in [0.15, 0.2) is 0 Å². The highest BCUT2D eigenvalue weighted by Crippen LogP contribution is 2.11. The Labute approximate surface area is 139 Å². The summed E-state index contributed by atoms with van der Waals surface area (Å²) in [4.78, 5) is 11.8. The number of hydrogen-bond acceptors (Lipinski definition) is 4. The summed E-state index contributed by atoms with van der Waals surface area (Å²) < 4.78 is 5.26. The third kappa shape index (κ3) is 9.08. The molecule has 5 heteroatoms. The number of benzene rings is 1. The van der Waals surface area contributed by atoms with Crippen LogP contribution in [0.4, 0.5) is 4.79 Å². The molecule has 5 nitrogen and oxygen atoms in total. The van der Waals surface area contributed by atoms with Crippen LogP contribution in [-0.4, -0.2) is 29.4 Å². The zero-order valence-corrected chi connectivity index (χ0v) is 14.7. The third-order valence-corrected chi connectivity index (χ3v) is 3.30. The number of phenols is 1. The van der Waals surface area contributed by atoms with E-state index >= 15 is 0 Å². The number of amides is 1. The van der Waals surface area contributed by atoms with E-state index in [0.29, 0.717) is 13.1 Å². The Kier molecular flexibility index (Phi) is 7.89. The summed E-state index contributed by atoms with van der Waals surface area (Å²) in [5.74, 6) is 0.265. The van der Waals surface area contributed by atoms with E-state index in [2.05, 4.69) is 17.6 Å². The zero-order valence-electron chi connectivity index (χ0n) is 14.7. The number of phenolic OH excluding ortho intramolecular Hbond substituents is 1. The van der Waals surface area contributed by atoms with Crippen molar-refractivity contribution >= 4 is 6.09 Å². The van der Waals surface area contributed by atoms with Crippen molar-refractivity contribution in [1.29, 1.82) is 0 Å². The summed E-state index contributed by atoms with van der Waals surface area (Å²) in [5.41, 5.74) is 0.529. The summed E-state index contributed by atoms with van der Waals surface area (Å²) in [6.07, 6.45) is 2.79. The lowest BCUT2D eigenvalue weighted by Crippen LogP contribution is -2.42. The summed E-state index contributed by atoms with van der Waals surface area (Å²) in [5, 5.41) is 15.8. The van der Waals surface area contributed by atoms with Crippen LogP contribution in [0.3, 0.4) is 0 Å². The van der Waals surface area contributed by atoms with Gasteiger partial charge in [0.2, 0.25) is 0 Å². The lowest BCUT2D eigenvalue weighted by Gasteiger charge is -2.23. The molecule has 0 aromatic heterocycles. The molecule has 23 heavy (non-hydrogen) atoms. The van der Waals surface area contributed by atoms with Crippen LogP contribution in [-0.2, 0) is 11.3 Å². The van der Waals surface area contributed by atoms with E-state index in [0.717, 1.165) is 24.8 Å². The average Bonchev–Trinajstić information content (AvgIpc) is 2.44. The van der Waals surface area contributed by atoms with Gasteiger partial charge in [-0.3, -0.25) is 0 Å². The number of aromatic hydroxyl groups is 1. The van der Waals surface area contributed by atoms with Gasteiger partial charge in [-0.15, -0.1) is 0 Å². The number of ether oxygens (including phenoxy) is 1. The average molecular weight is 322 g/mol. The summed E-state index contributed by atoms with van der Waals surface area (Å²) in [6.45, 7) is 8.86. The molecule has 1 aromatic carbocycles. The second-order valence-corrected chi connectivity index (χ2v) is 6.77. The third-order valence-electron chi connectivity index (χ3n) is 3.30. The minimum atomic E-state index is -0.488. The predicted molar refractivity (Wildman–Crippen MR) is 92.5 cm³/mol. The van der Waals surface area contributed by atoms with Gasteiger partial charge in [-0.1, -0.05) is 31.9 Å². The van der Waals surface area contributed by atoms with Crippen LogP contribution < -0.4 is 10.6 Å². The Bertz CT molecular complexity index is 483. The molecule has 130 valence electrons. The highest BCUT2D eigenvalue weighted by atomic mass is 16.6. The smallest absolute Gasteiger partial charge is 0.407 e. The highest BCUT2D eigenvalue weighted by Gasteiger charge is 2.17. The molecule has 0 aliphatic heterocycles. The first kappa shape index (κ1) is 19.3. The van der Waals surface area contributed by atoms with Crippen LogP contribution in [0.2, 0.25) is 0 Å². The standard InChI is InChI=1S/C18H30N2O3/c1-5-6-9-15(13-20-17(22)23-18(2,3)4)19-12-14-8-7-10-16(21)11-14/h7-8,10-11,15,19,21H,5-6,9,12-13H2,1-4H3,(H,20,22). The number of rotatable bonds is 8. The van der Waals surface area contributed by atoms with E-state index in [-0.39, 0.29) is 11.8 Å². The van der Waals surface area contributed by atoms with Gasteiger partial charge in [0.05, 0.1) is 0 Å². The Morgan fingerprint density at radius 3 is 2.70 bits per heavy atom. The topological polar surface area (TPSA) is 70.6 Å². The number of hydrogen-bond donors (Lipinski definition) is 3. The maximum atomic E-state index is 11.8. The summed E-state index contributed by atoms with van der Waals surface area (Å²) in [6, 6.07) is 7.36. The molecule has 0 saturated carbocycles. The van der Waals surface area contributed by atoms with Crippen LogP contribution in [0.15, 0.2) is 24.3 Å². The SMILES string of the molecule is CCCCC(CNC(=O)OC(C)(C)C)NCc1cccc(O)c1. The number of unbranched alkanes of at least 4 members (excludes halogenated alkanes) is 1. The lowest BCUT2D eigenvalue weighted by atomic mass is 10.1. The molecule has 0 aliphatic carbocycles. The minimum absolute atomic E-state index is 0.171. The lowest BCUT2D eigenvalue weighted by molar-refractivity contribution is 0.0521. The fraction of sp³-hybridized carbons (Fsp3) is 0.611. The number of carbonyl (C=O) groups excluding carboxylic acids is 1. The first-order chi connectivity index (χ1) is 10.8. The molecule has 0 fully saturated rings. The molecule has 0 saturated heterocycles. The van der Waals surface area contributed by atoms with Gasteiger partial charge in [-0.2, -0.15) is 0 Å². The van der Waals surface area contributed by atoms with E-state index in [1.165, 1.54) is 0 Å². The second-order valence-electron chi connectivity index (χ2n) is 6.77. The van der Waals surface area contributed by atoms with Crippen molar-refractivity contribution in [2.45, 2.75) is 65.1 Å². The summed E-state index contributed by atoms with van der Waals surface area (Å²) in [7, 11) is 0. The van der Waals surface area contributed by atoms with Gasteiger partial charge in [-0.25, -0.2) is 4.79 Å². The van der Waals surface area contributed by atoms with Crippen molar-refractivity contribution < 1.29 is 14.6 Å². The Balaban J connectivity index is 2.47. The largest absolute Gasteiger partial charge is 0.508 e. The Hall–Kier alpha value is -1.75. The zero-order chi connectivity index (χ0) is 17.3. The molecule has 0 bridgehead atoms. The van der Waals surface area contributed by atoms with Gasteiger partial charge in [0.25, 0.3) is 0 Å². The molecule has 0 spiro atoms. The first-order valence-corrected chi connectivity index (χ1v) is 8.28. The quantitative estimate of drug-likeness (QED) is 0.684. The van der Waals surface area contributed by atoms with Crippen LogP contribution in [0.1, 0.15) is 52.5 Å². The highest BCUT2D eigenvalue weighted by molar-refractivity contribution is 5.67. The first-order valence-electron chi connectivity index (χ1n) is 8.28. The van der Waals surface area contributed by atoms with Crippen molar-refractivity contribution in [3.8, 4) is 5.75 Å². The monoisotopic (exact) mass is 322 g/mol. The van der Waals surface area contributed by atoms with Gasteiger partial charge >= 0.3 is 6.09 Å². The van der Waals surface area contributed by atoms with E-state index in [4.69, 9.17) is 4.74 Å². The van der Waals surface area contributed by atoms with Crippen molar-refractivity contribution in [2.75, 3.05) is 6.54 Å². The fourth-order valence-corrected chi connectivity index (χ4v) is 2.18. The molecular weight excluding hydrogens is 292 g/mol. The Morgan fingerprint density at radius 1 is 1.35 bits per heavy atom. The van der Waals surface area contributed by atoms with Gasteiger partial charge < -0.3 is 20.5 Å². The van der Waals surface area contributed by atoms with E-state index in [1.807, 2.05) is 32.9 Å². The van der Waals surface area contributed by atoms with Crippen molar-refractivity contribution in [2.24, 2.45) is 0 Å². The molecule has 1 aromatic rings. The molecule has 3 N–H and O–H groups in total. The van der Waals surface area contributed by atoms with Crippen molar-refractivity contribution in [3.63, 3.8) is 0 Å². The number of alkyl carbamates (subject to hydrolysis) is 1. The normalized spacial score (nSPS) is 12.7. The maximum absolute atomic E-state index is 11.8. The number of carbonyl (C=O) groups is 1. The van der Waals surface area contributed by atoms with E-state index in [9.17, 15) is 9.90 Å². The minimum Gasteiger partial charge on any atom is -0.508 e. The fourth-order valence-electron chi connectivity index (χ4n) is 2.18. The molecule has 1 rings (SSSR count). The van der Waals surface area contributed by atoms with Crippen LogP contribution >= 0.6 is 0 Å². The van der Waals surface area contributed by atoms with Crippen molar-refractivity contribution in [1.82, 2.24) is 10.6 Å². The van der Waals surface area contributed by atoms with Crippen LogP contribution in [0, 0.1) is 0 Å². The molecular formula is C18H30N2O3. The van der Waals surface area contributed by atoms with Crippen LogP contribution in [0.25, 0.3) is 0 Å². The van der Waals surface area contributed by atoms with Crippen molar-refractivity contribution in [3.05, 3.63) is 29.8 Å². The van der Waals surface area contributed by atoms with Gasteiger partial charge in [0.1, 0.15) is 11.4 Å². The molecule has 1 unspecified atom stereocenters. The van der Waals surface area contributed by atoms with Gasteiger partial charge in [0, 0.05) is 19.1 Å². The molecule has 1 atom stereocenters. The molecule has 0 radical (unpaired) electrons. The molecule has 0 heterocycles.